The number of aromatic nitrogens is 2. The Morgan fingerprint density at radius 1 is 1.43 bits per heavy atom. The second kappa shape index (κ2) is 6.91. The van der Waals surface area contributed by atoms with E-state index in [1.54, 1.807) is 12.4 Å². The predicted molar refractivity (Wildman–Crippen MR) is 78.6 cm³/mol. The van der Waals surface area contributed by atoms with Gasteiger partial charge in [0.1, 0.15) is 12.3 Å². The van der Waals surface area contributed by atoms with Crippen LogP contribution in [0.25, 0.3) is 0 Å². The van der Waals surface area contributed by atoms with Gasteiger partial charge in [0.25, 0.3) is 0 Å². The summed E-state index contributed by atoms with van der Waals surface area (Å²) in [7, 11) is 0. The van der Waals surface area contributed by atoms with Gasteiger partial charge in [0.2, 0.25) is 5.91 Å². The lowest BCUT2D eigenvalue weighted by Gasteiger charge is -2.14. The van der Waals surface area contributed by atoms with Crippen LogP contribution in [0.5, 0.6) is 5.75 Å². The van der Waals surface area contributed by atoms with Crippen LogP contribution in [0.2, 0.25) is 5.02 Å². The van der Waals surface area contributed by atoms with Crippen LogP contribution in [0, 0.1) is 6.92 Å². The molecule has 2 rings (SSSR count). The lowest BCUT2D eigenvalue weighted by molar-refractivity contribution is -0.153. The van der Waals surface area contributed by atoms with Gasteiger partial charge < -0.3 is 10.1 Å². The van der Waals surface area contributed by atoms with Crippen molar-refractivity contribution in [3.8, 4) is 5.75 Å². The van der Waals surface area contributed by atoms with Crippen molar-refractivity contribution in [1.82, 2.24) is 9.78 Å². The number of nitrogens with zero attached hydrogens (tertiary/aromatic N) is 2. The van der Waals surface area contributed by atoms with Crippen molar-refractivity contribution in [2.24, 2.45) is 0 Å². The third-order valence-corrected chi connectivity index (χ3v) is 2.91. The minimum Gasteiger partial charge on any atom is -0.482 e. The van der Waals surface area contributed by atoms with E-state index in [4.69, 9.17) is 16.3 Å². The normalized spacial score (nSPS) is 11.3. The van der Waals surface area contributed by atoms with E-state index in [2.05, 4.69) is 10.4 Å². The quantitative estimate of drug-likeness (QED) is 0.901. The number of aryl methyl sites for hydroxylation is 1. The van der Waals surface area contributed by atoms with E-state index in [9.17, 15) is 18.0 Å². The average molecular weight is 348 g/mol. The van der Waals surface area contributed by atoms with Gasteiger partial charge in [-0.3, -0.25) is 9.48 Å². The van der Waals surface area contributed by atoms with E-state index >= 15 is 0 Å². The van der Waals surface area contributed by atoms with Crippen LogP contribution < -0.4 is 10.1 Å². The van der Waals surface area contributed by atoms with E-state index in [1.807, 2.05) is 6.92 Å². The number of alkyl halides is 3. The number of amides is 1. The topological polar surface area (TPSA) is 56.2 Å². The van der Waals surface area contributed by atoms with Crippen molar-refractivity contribution in [3.63, 3.8) is 0 Å². The highest BCUT2D eigenvalue weighted by atomic mass is 35.5. The third-order valence-electron chi connectivity index (χ3n) is 2.68. The Morgan fingerprint density at radius 2 is 2.17 bits per heavy atom. The maximum Gasteiger partial charge on any atom is 0.422 e. The van der Waals surface area contributed by atoms with Crippen LogP contribution in [0.3, 0.4) is 0 Å². The highest BCUT2D eigenvalue weighted by Gasteiger charge is 2.29. The molecule has 23 heavy (non-hydrogen) atoms. The molecule has 9 heteroatoms. The fourth-order valence-corrected chi connectivity index (χ4v) is 1.93. The first kappa shape index (κ1) is 17.1. The fourth-order valence-electron chi connectivity index (χ4n) is 1.77. The Kier molecular flexibility index (Phi) is 5.15. The molecule has 1 heterocycles. The molecule has 0 aliphatic heterocycles. The summed E-state index contributed by atoms with van der Waals surface area (Å²) in [6.07, 6.45) is -1.23. The monoisotopic (exact) mass is 347 g/mol. The maximum absolute atomic E-state index is 12.3. The van der Waals surface area contributed by atoms with E-state index in [-0.39, 0.29) is 23.0 Å². The second-order valence-electron chi connectivity index (χ2n) is 4.81. The molecule has 0 aliphatic rings. The molecule has 0 radical (unpaired) electrons. The second-order valence-corrected chi connectivity index (χ2v) is 5.24. The van der Waals surface area contributed by atoms with Gasteiger partial charge in [0, 0.05) is 17.3 Å². The van der Waals surface area contributed by atoms with Crippen LogP contribution in [0.1, 0.15) is 5.56 Å². The minimum atomic E-state index is -4.49. The Labute approximate surface area is 135 Å². The molecule has 0 atom stereocenters. The van der Waals surface area contributed by atoms with Crippen LogP contribution in [-0.2, 0) is 11.3 Å². The van der Waals surface area contributed by atoms with E-state index in [1.165, 1.54) is 22.9 Å². The molecule has 5 nitrogen and oxygen atoms in total. The van der Waals surface area contributed by atoms with Gasteiger partial charge in [-0.05, 0) is 24.6 Å². The number of halogens is 4. The Morgan fingerprint density at radius 3 is 2.78 bits per heavy atom. The molecule has 2 aromatic rings. The zero-order valence-corrected chi connectivity index (χ0v) is 12.8. The van der Waals surface area contributed by atoms with Crippen molar-refractivity contribution in [3.05, 3.63) is 41.2 Å². The van der Waals surface area contributed by atoms with Crippen LogP contribution in [0.4, 0.5) is 18.9 Å². The van der Waals surface area contributed by atoms with Gasteiger partial charge in [0.15, 0.2) is 6.61 Å². The standard InChI is InChI=1S/C14H13ClF3N3O2/c1-9-5-19-21(6-9)7-13(22)20-11-3-2-10(15)4-12(11)23-8-14(16,17)18/h2-6H,7-8H2,1H3,(H,20,22). The van der Waals surface area contributed by atoms with Crippen LogP contribution in [0.15, 0.2) is 30.6 Å². The minimum absolute atomic E-state index is 0.0742. The van der Waals surface area contributed by atoms with Crippen molar-refractivity contribution >= 4 is 23.2 Å². The molecule has 124 valence electrons. The Hall–Kier alpha value is -2.22. The van der Waals surface area contributed by atoms with E-state index < -0.39 is 18.7 Å². The van der Waals surface area contributed by atoms with Gasteiger partial charge in [0.05, 0.1) is 11.9 Å². The van der Waals surface area contributed by atoms with Gasteiger partial charge >= 0.3 is 6.18 Å². The number of nitrogens with one attached hydrogen (secondary N) is 1. The van der Waals surface area contributed by atoms with E-state index in [0.717, 1.165) is 5.56 Å². The number of ether oxygens (including phenoxy) is 1. The van der Waals surface area contributed by atoms with Gasteiger partial charge in [-0.2, -0.15) is 18.3 Å². The fraction of sp³-hybridized carbons (Fsp3) is 0.286. The average Bonchev–Trinajstić information content (AvgIpc) is 2.83. The van der Waals surface area contributed by atoms with Crippen LogP contribution in [-0.4, -0.2) is 28.5 Å². The summed E-state index contributed by atoms with van der Waals surface area (Å²) >= 11 is 5.75. The van der Waals surface area contributed by atoms with Gasteiger partial charge in [-0.15, -0.1) is 0 Å². The summed E-state index contributed by atoms with van der Waals surface area (Å²) in [6, 6.07) is 4.02. The molecule has 0 saturated carbocycles. The summed E-state index contributed by atoms with van der Waals surface area (Å²) in [5, 5.41) is 6.64. The largest absolute Gasteiger partial charge is 0.482 e. The van der Waals surface area contributed by atoms with E-state index in [0.29, 0.717) is 0 Å². The SMILES string of the molecule is Cc1cnn(CC(=O)Nc2ccc(Cl)cc2OCC(F)(F)F)c1. The summed E-state index contributed by atoms with van der Waals surface area (Å²) in [4.78, 5) is 11.9. The molecule has 0 saturated heterocycles. The van der Waals surface area contributed by atoms with Gasteiger partial charge in [-0.1, -0.05) is 11.6 Å². The molecule has 0 spiro atoms. The summed E-state index contributed by atoms with van der Waals surface area (Å²) in [5.74, 6) is -0.605. The van der Waals surface area contributed by atoms with Crippen molar-refractivity contribution < 1.29 is 22.7 Å². The molecular weight excluding hydrogens is 335 g/mol. The van der Waals surface area contributed by atoms with Crippen molar-refractivity contribution in [1.29, 1.82) is 0 Å². The number of carbonyl (C=O) groups is 1. The molecule has 0 fully saturated rings. The number of hydrogen-bond donors (Lipinski definition) is 1. The number of rotatable bonds is 5. The maximum atomic E-state index is 12.3. The smallest absolute Gasteiger partial charge is 0.422 e. The molecule has 1 aromatic carbocycles. The number of hydrogen-bond acceptors (Lipinski definition) is 3. The highest BCUT2D eigenvalue weighted by molar-refractivity contribution is 6.30. The van der Waals surface area contributed by atoms with Crippen molar-refractivity contribution in [2.45, 2.75) is 19.6 Å². The zero-order valence-electron chi connectivity index (χ0n) is 12.0. The molecule has 1 aromatic heterocycles. The third kappa shape index (κ3) is 5.48. The molecule has 0 aliphatic carbocycles. The molecule has 1 amide bonds. The summed E-state index contributed by atoms with van der Waals surface area (Å²) < 4.78 is 42.9. The summed E-state index contributed by atoms with van der Waals surface area (Å²) in [6.45, 7) is 0.271. The summed E-state index contributed by atoms with van der Waals surface area (Å²) in [5.41, 5.74) is 0.992. The number of carbonyl (C=O) groups excluding carboxylic acids is 1. The molecule has 0 unspecified atom stereocenters. The zero-order chi connectivity index (χ0) is 17.0. The Balaban J connectivity index is 2.07. The van der Waals surface area contributed by atoms with Gasteiger partial charge in [-0.25, -0.2) is 0 Å². The first-order chi connectivity index (χ1) is 10.7. The number of anilines is 1. The van der Waals surface area contributed by atoms with Crippen molar-refractivity contribution in [2.75, 3.05) is 11.9 Å². The molecule has 1 N–H and O–H groups in total. The van der Waals surface area contributed by atoms with Crippen LogP contribution >= 0.6 is 11.6 Å². The predicted octanol–water partition coefficient (Wildman–Crippen LogP) is 3.42. The lowest BCUT2D eigenvalue weighted by Crippen LogP contribution is -2.22. The first-order valence-corrected chi connectivity index (χ1v) is 6.89. The highest BCUT2D eigenvalue weighted by Crippen LogP contribution is 2.29. The lowest BCUT2D eigenvalue weighted by atomic mass is 10.3. The first-order valence-electron chi connectivity index (χ1n) is 6.51. The number of benzene rings is 1. The Bertz CT molecular complexity index is 701. The molecule has 0 bridgehead atoms. The molecular formula is C14H13ClF3N3O2.